The van der Waals surface area contributed by atoms with Crippen molar-refractivity contribution in [2.45, 2.75) is 51.6 Å². The van der Waals surface area contributed by atoms with Crippen LogP contribution in [0, 0.1) is 11.8 Å². The van der Waals surface area contributed by atoms with E-state index in [4.69, 9.17) is 5.73 Å². The van der Waals surface area contributed by atoms with Crippen LogP contribution in [-0.4, -0.2) is 30.1 Å². The molecule has 1 saturated heterocycles. The number of likely N-dealkylation sites (tertiary alicyclic amines) is 1. The lowest BCUT2D eigenvalue weighted by molar-refractivity contribution is 0.119. The van der Waals surface area contributed by atoms with Crippen LogP contribution in [0.2, 0.25) is 0 Å². The predicted octanol–water partition coefficient (Wildman–Crippen LogP) is 1.84. The number of nitrogens with zero attached hydrogens (tertiary/aromatic N) is 1. The van der Waals surface area contributed by atoms with Crippen LogP contribution in [0.3, 0.4) is 0 Å². The van der Waals surface area contributed by atoms with Gasteiger partial charge >= 0.3 is 0 Å². The Morgan fingerprint density at radius 2 is 2.00 bits per heavy atom. The highest BCUT2D eigenvalue weighted by molar-refractivity contribution is 4.88. The van der Waals surface area contributed by atoms with Crippen LogP contribution in [0.25, 0.3) is 0 Å². The van der Waals surface area contributed by atoms with Crippen LogP contribution in [0.1, 0.15) is 39.5 Å². The molecule has 2 N–H and O–H groups in total. The average molecular weight is 196 g/mol. The second-order valence-electron chi connectivity index (χ2n) is 5.47. The van der Waals surface area contributed by atoms with E-state index in [0.717, 1.165) is 24.4 Å². The molecule has 3 atom stereocenters. The highest BCUT2D eigenvalue weighted by Gasteiger charge is 2.31. The van der Waals surface area contributed by atoms with E-state index < -0.39 is 0 Å². The van der Waals surface area contributed by atoms with Crippen LogP contribution >= 0.6 is 0 Å². The third-order valence-corrected chi connectivity index (χ3v) is 3.95. The number of piperidine rings is 1. The summed E-state index contributed by atoms with van der Waals surface area (Å²) in [7, 11) is 0. The molecule has 0 aromatic heterocycles. The van der Waals surface area contributed by atoms with E-state index in [1.807, 2.05) is 0 Å². The Hall–Kier alpha value is -0.0800. The molecule has 2 aliphatic rings. The summed E-state index contributed by atoms with van der Waals surface area (Å²) in [6.45, 7) is 7.13. The molecule has 3 unspecified atom stereocenters. The number of hydrogen-bond acceptors (Lipinski definition) is 2. The molecule has 0 amide bonds. The molecule has 0 radical (unpaired) electrons. The molecule has 2 heteroatoms. The van der Waals surface area contributed by atoms with Gasteiger partial charge in [0.1, 0.15) is 0 Å². The van der Waals surface area contributed by atoms with E-state index in [0.29, 0.717) is 6.04 Å². The second kappa shape index (κ2) is 4.19. The van der Waals surface area contributed by atoms with Gasteiger partial charge in [-0.05, 0) is 51.0 Å². The van der Waals surface area contributed by atoms with Gasteiger partial charge in [0, 0.05) is 18.6 Å². The Balaban J connectivity index is 1.78. The zero-order valence-electron chi connectivity index (χ0n) is 9.58. The van der Waals surface area contributed by atoms with E-state index in [1.54, 1.807) is 0 Å². The monoisotopic (exact) mass is 196 g/mol. The van der Waals surface area contributed by atoms with E-state index in [9.17, 15) is 0 Å². The van der Waals surface area contributed by atoms with Crippen LogP contribution in [0.4, 0.5) is 0 Å². The summed E-state index contributed by atoms with van der Waals surface area (Å²) in [5, 5.41) is 0. The maximum absolute atomic E-state index is 6.17. The van der Waals surface area contributed by atoms with Gasteiger partial charge < -0.3 is 5.73 Å². The maximum Gasteiger partial charge on any atom is 0.0196 e. The fourth-order valence-corrected chi connectivity index (χ4v) is 2.67. The minimum Gasteiger partial charge on any atom is -0.326 e. The summed E-state index contributed by atoms with van der Waals surface area (Å²) in [6.07, 6.45) is 5.47. The first-order valence-corrected chi connectivity index (χ1v) is 6.16. The van der Waals surface area contributed by atoms with Gasteiger partial charge in [-0.15, -0.1) is 0 Å². The second-order valence-corrected chi connectivity index (χ2v) is 5.47. The Morgan fingerprint density at radius 1 is 1.29 bits per heavy atom. The standard InChI is InChI=1S/C12H24N2/c1-9-5-6-14(10(2)7-9)8-12(13)11-3-4-11/h9-12H,3-8,13H2,1-2H3. The predicted molar refractivity (Wildman–Crippen MR) is 60.1 cm³/mol. The normalized spacial score (nSPS) is 37.1. The molecule has 14 heavy (non-hydrogen) atoms. The lowest BCUT2D eigenvalue weighted by atomic mass is 9.93. The van der Waals surface area contributed by atoms with Gasteiger partial charge in [-0.2, -0.15) is 0 Å². The Kier molecular flexibility index (Phi) is 3.13. The maximum atomic E-state index is 6.17. The number of rotatable bonds is 3. The first-order chi connectivity index (χ1) is 6.66. The van der Waals surface area contributed by atoms with Crippen molar-refractivity contribution in [3.63, 3.8) is 0 Å². The molecule has 2 fully saturated rings. The van der Waals surface area contributed by atoms with Gasteiger partial charge in [0.25, 0.3) is 0 Å². The Bertz CT molecular complexity index is 189. The van der Waals surface area contributed by atoms with Gasteiger partial charge in [0.15, 0.2) is 0 Å². The molecule has 82 valence electrons. The van der Waals surface area contributed by atoms with Crippen molar-refractivity contribution in [1.82, 2.24) is 4.90 Å². The molecule has 0 spiro atoms. The topological polar surface area (TPSA) is 29.3 Å². The third kappa shape index (κ3) is 2.48. The molecular formula is C12H24N2. The fraction of sp³-hybridized carbons (Fsp3) is 1.00. The largest absolute Gasteiger partial charge is 0.326 e. The van der Waals surface area contributed by atoms with Crippen molar-refractivity contribution in [3.8, 4) is 0 Å². The highest BCUT2D eigenvalue weighted by Crippen LogP contribution is 2.32. The molecule has 1 saturated carbocycles. The van der Waals surface area contributed by atoms with Crippen LogP contribution in [-0.2, 0) is 0 Å². The Labute approximate surface area is 87.8 Å². The van der Waals surface area contributed by atoms with Gasteiger partial charge in [-0.1, -0.05) is 6.92 Å². The molecule has 0 bridgehead atoms. The van der Waals surface area contributed by atoms with Crippen LogP contribution in [0.5, 0.6) is 0 Å². The highest BCUT2D eigenvalue weighted by atomic mass is 15.2. The van der Waals surface area contributed by atoms with E-state index in [2.05, 4.69) is 18.7 Å². The average Bonchev–Trinajstić information content (AvgIpc) is 2.92. The molecular weight excluding hydrogens is 172 g/mol. The quantitative estimate of drug-likeness (QED) is 0.746. The molecule has 1 aliphatic carbocycles. The minimum absolute atomic E-state index is 0.450. The van der Waals surface area contributed by atoms with Gasteiger partial charge in [-0.25, -0.2) is 0 Å². The van der Waals surface area contributed by atoms with E-state index in [1.165, 1.54) is 32.2 Å². The smallest absolute Gasteiger partial charge is 0.0196 e. The molecule has 2 rings (SSSR count). The van der Waals surface area contributed by atoms with E-state index in [-0.39, 0.29) is 0 Å². The zero-order valence-corrected chi connectivity index (χ0v) is 9.58. The molecule has 0 aromatic carbocycles. The summed E-state index contributed by atoms with van der Waals surface area (Å²) in [6, 6.07) is 1.20. The fourth-order valence-electron chi connectivity index (χ4n) is 2.67. The summed E-state index contributed by atoms with van der Waals surface area (Å²) in [5.41, 5.74) is 6.17. The van der Waals surface area contributed by atoms with Crippen molar-refractivity contribution in [3.05, 3.63) is 0 Å². The molecule has 2 nitrogen and oxygen atoms in total. The van der Waals surface area contributed by atoms with Crippen molar-refractivity contribution < 1.29 is 0 Å². The zero-order chi connectivity index (χ0) is 10.1. The van der Waals surface area contributed by atoms with Gasteiger partial charge in [-0.3, -0.25) is 4.90 Å². The molecule has 1 heterocycles. The van der Waals surface area contributed by atoms with Gasteiger partial charge in [0.2, 0.25) is 0 Å². The molecule has 0 aromatic rings. The summed E-state index contributed by atoms with van der Waals surface area (Å²) >= 11 is 0. The van der Waals surface area contributed by atoms with Crippen molar-refractivity contribution in [1.29, 1.82) is 0 Å². The SMILES string of the molecule is CC1CCN(CC(N)C2CC2)C(C)C1. The summed E-state index contributed by atoms with van der Waals surface area (Å²) in [4.78, 5) is 2.60. The summed E-state index contributed by atoms with van der Waals surface area (Å²) in [5.74, 6) is 1.76. The lowest BCUT2D eigenvalue weighted by Crippen LogP contribution is -2.47. The van der Waals surface area contributed by atoms with Crippen LogP contribution in [0.15, 0.2) is 0 Å². The van der Waals surface area contributed by atoms with E-state index >= 15 is 0 Å². The van der Waals surface area contributed by atoms with Gasteiger partial charge in [0.05, 0.1) is 0 Å². The first kappa shape index (κ1) is 10.4. The minimum atomic E-state index is 0.450. The van der Waals surface area contributed by atoms with Crippen LogP contribution < -0.4 is 5.73 Å². The number of nitrogens with two attached hydrogens (primary N) is 1. The summed E-state index contributed by atoms with van der Waals surface area (Å²) < 4.78 is 0. The lowest BCUT2D eigenvalue weighted by Gasteiger charge is -2.37. The third-order valence-electron chi connectivity index (χ3n) is 3.95. The van der Waals surface area contributed by atoms with Crippen molar-refractivity contribution in [2.75, 3.05) is 13.1 Å². The van der Waals surface area contributed by atoms with Crippen molar-refractivity contribution in [2.24, 2.45) is 17.6 Å². The van der Waals surface area contributed by atoms with Crippen molar-refractivity contribution >= 4 is 0 Å². The molecule has 1 aliphatic heterocycles. The Morgan fingerprint density at radius 3 is 2.57 bits per heavy atom. The number of hydrogen-bond donors (Lipinski definition) is 1. The first-order valence-electron chi connectivity index (χ1n) is 6.16.